The van der Waals surface area contributed by atoms with E-state index in [1.54, 1.807) is 7.11 Å². The molecule has 0 rings (SSSR count). The van der Waals surface area contributed by atoms with Crippen molar-refractivity contribution in [1.29, 1.82) is 0 Å². The molecule has 64 valence electrons. The molecule has 11 heavy (non-hydrogen) atoms. The molecule has 0 fully saturated rings. The van der Waals surface area contributed by atoms with Crippen LogP contribution in [-0.4, -0.2) is 7.11 Å². The van der Waals surface area contributed by atoms with Crippen LogP contribution in [0.4, 0.5) is 0 Å². The molecule has 0 heterocycles. The highest BCUT2D eigenvalue weighted by molar-refractivity contribution is 5.15. The Bertz CT molecular complexity index is 156. The second kappa shape index (κ2) is 5.00. The topological polar surface area (TPSA) is 9.23 Å². The van der Waals surface area contributed by atoms with Gasteiger partial charge in [-0.15, -0.1) is 0 Å². The number of allylic oxidation sites excluding steroid dienone is 2. The number of rotatable bonds is 4. The van der Waals surface area contributed by atoms with Crippen LogP contribution in [-0.2, 0) is 4.74 Å². The fourth-order valence-electron chi connectivity index (χ4n) is 0.777. The summed E-state index contributed by atoms with van der Waals surface area (Å²) in [4.78, 5) is 0. The number of ether oxygens (including phenoxy) is 1. The molecule has 0 aromatic carbocycles. The summed E-state index contributed by atoms with van der Waals surface area (Å²) in [5.41, 5.74) is 1.33. The first kappa shape index (κ1) is 10.3. The average molecular weight is 154 g/mol. The monoisotopic (exact) mass is 154 g/mol. The molecule has 1 atom stereocenters. The van der Waals surface area contributed by atoms with E-state index in [0.717, 1.165) is 5.76 Å². The maximum absolute atomic E-state index is 4.94. The zero-order valence-corrected chi connectivity index (χ0v) is 7.98. The summed E-state index contributed by atoms with van der Waals surface area (Å²) in [7, 11) is 1.64. The first-order valence-electron chi connectivity index (χ1n) is 4.02. The highest BCUT2D eigenvalue weighted by atomic mass is 16.5. The Labute approximate surface area is 69.8 Å². The molecule has 0 radical (unpaired) electrons. The van der Waals surface area contributed by atoms with E-state index in [4.69, 9.17) is 4.74 Å². The first-order chi connectivity index (χ1) is 5.11. The van der Waals surface area contributed by atoms with Gasteiger partial charge in [0.05, 0.1) is 7.11 Å². The van der Waals surface area contributed by atoms with Crippen LogP contribution in [0.15, 0.2) is 24.0 Å². The van der Waals surface area contributed by atoms with Crippen LogP contribution in [0.25, 0.3) is 0 Å². The SMILES string of the molecule is C=C(C=C(C)C(C)CC)OC. The van der Waals surface area contributed by atoms with Crippen molar-refractivity contribution < 1.29 is 4.74 Å². The van der Waals surface area contributed by atoms with Crippen LogP contribution >= 0.6 is 0 Å². The molecule has 1 nitrogen and oxygen atoms in total. The second-order valence-electron chi connectivity index (χ2n) is 2.87. The van der Waals surface area contributed by atoms with Gasteiger partial charge in [-0.25, -0.2) is 0 Å². The van der Waals surface area contributed by atoms with Gasteiger partial charge in [-0.05, 0) is 25.3 Å². The smallest absolute Gasteiger partial charge is 0.111 e. The van der Waals surface area contributed by atoms with E-state index in [2.05, 4.69) is 27.4 Å². The standard InChI is InChI=1S/C10H18O/c1-6-8(2)9(3)7-10(4)11-5/h7-8H,4,6H2,1-3,5H3. The van der Waals surface area contributed by atoms with E-state index in [-0.39, 0.29) is 0 Å². The van der Waals surface area contributed by atoms with Gasteiger partial charge in [-0.2, -0.15) is 0 Å². The van der Waals surface area contributed by atoms with E-state index < -0.39 is 0 Å². The van der Waals surface area contributed by atoms with Crippen LogP contribution in [0.1, 0.15) is 27.2 Å². The van der Waals surface area contributed by atoms with Crippen LogP contribution in [0.5, 0.6) is 0 Å². The normalized spacial score (nSPS) is 14.4. The molecular weight excluding hydrogens is 136 g/mol. The molecule has 0 saturated carbocycles. The summed E-state index contributed by atoms with van der Waals surface area (Å²) >= 11 is 0. The molecule has 0 bridgehead atoms. The number of methoxy groups -OCH3 is 1. The van der Waals surface area contributed by atoms with E-state index >= 15 is 0 Å². The van der Waals surface area contributed by atoms with Crippen molar-refractivity contribution in [2.75, 3.05) is 7.11 Å². The summed E-state index contributed by atoms with van der Waals surface area (Å²) in [6.45, 7) is 10.2. The van der Waals surface area contributed by atoms with E-state index in [0.29, 0.717) is 5.92 Å². The Balaban J connectivity index is 4.09. The van der Waals surface area contributed by atoms with Crippen molar-refractivity contribution in [2.45, 2.75) is 27.2 Å². The molecule has 0 amide bonds. The third-order valence-electron chi connectivity index (χ3n) is 2.04. The summed E-state index contributed by atoms with van der Waals surface area (Å²) in [6.07, 6.45) is 3.16. The summed E-state index contributed by atoms with van der Waals surface area (Å²) in [5.74, 6) is 1.37. The van der Waals surface area contributed by atoms with Crippen molar-refractivity contribution in [2.24, 2.45) is 5.92 Å². The van der Waals surface area contributed by atoms with Gasteiger partial charge in [0.2, 0.25) is 0 Å². The fraction of sp³-hybridized carbons (Fsp3) is 0.600. The Morgan fingerprint density at radius 3 is 2.55 bits per heavy atom. The van der Waals surface area contributed by atoms with Gasteiger partial charge in [0.25, 0.3) is 0 Å². The average Bonchev–Trinajstić information content (AvgIpc) is 2.02. The van der Waals surface area contributed by atoms with Gasteiger partial charge >= 0.3 is 0 Å². The molecular formula is C10H18O. The minimum atomic E-state index is 0.627. The molecule has 1 heteroatoms. The van der Waals surface area contributed by atoms with Gasteiger partial charge < -0.3 is 4.74 Å². The lowest BCUT2D eigenvalue weighted by molar-refractivity contribution is 0.307. The Morgan fingerprint density at radius 2 is 2.18 bits per heavy atom. The fourth-order valence-corrected chi connectivity index (χ4v) is 0.777. The van der Waals surface area contributed by atoms with Crippen molar-refractivity contribution in [3.05, 3.63) is 24.0 Å². The van der Waals surface area contributed by atoms with Crippen LogP contribution < -0.4 is 0 Å². The zero-order valence-electron chi connectivity index (χ0n) is 7.98. The maximum Gasteiger partial charge on any atom is 0.111 e. The van der Waals surface area contributed by atoms with Crippen LogP contribution in [0, 0.1) is 5.92 Å². The van der Waals surface area contributed by atoms with Crippen molar-refractivity contribution >= 4 is 0 Å². The lowest BCUT2D eigenvalue weighted by atomic mass is 10.00. The van der Waals surface area contributed by atoms with E-state index in [9.17, 15) is 0 Å². The van der Waals surface area contributed by atoms with Gasteiger partial charge in [0, 0.05) is 0 Å². The molecule has 1 unspecified atom stereocenters. The highest BCUT2D eigenvalue weighted by Gasteiger charge is 2.00. The van der Waals surface area contributed by atoms with Gasteiger partial charge in [0.15, 0.2) is 0 Å². The minimum absolute atomic E-state index is 0.627. The minimum Gasteiger partial charge on any atom is -0.497 e. The predicted octanol–water partition coefficient (Wildman–Crippen LogP) is 3.14. The quantitative estimate of drug-likeness (QED) is 0.446. The molecule has 0 aromatic heterocycles. The maximum atomic E-state index is 4.94. The van der Waals surface area contributed by atoms with Gasteiger partial charge in [-0.3, -0.25) is 0 Å². The lowest BCUT2D eigenvalue weighted by Crippen LogP contribution is -1.94. The summed E-state index contributed by atoms with van der Waals surface area (Å²) in [6, 6.07) is 0. The van der Waals surface area contributed by atoms with Gasteiger partial charge in [0.1, 0.15) is 5.76 Å². The molecule has 0 saturated heterocycles. The molecule has 0 aromatic rings. The lowest BCUT2D eigenvalue weighted by Gasteiger charge is -2.09. The van der Waals surface area contributed by atoms with Crippen LogP contribution in [0.3, 0.4) is 0 Å². The first-order valence-corrected chi connectivity index (χ1v) is 4.02. The number of hydrogen-bond acceptors (Lipinski definition) is 1. The Hall–Kier alpha value is -0.720. The highest BCUT2D eigenvalue weighted by Crippen LogP contribution is 2.14. The summed E-state index contributed by atoms with van der Waals surface area (Å²) < 4.78 is 4.94. The van der Waals surface area contributed by atoms with E-state index in [1.807, 2.05) is 6.08 Å². The van der Waals surface area contributed by atoms with E-state index in [1.165, 1.54) is 12.0 Å². The predicted molar refractivity (Wildman–Crippen MR) is 49.4 cm³/mol. The largest absolute Gasteiger partial charge is 0.497 e. The Kier molecular flexibility index (Phi) is 4.67. The Morgan fingerprint density at radius 1 is 1.64 bits per heavy atom. The zero-order chi connectivity index (χ0) is 8.85. The molecule has 0 spiro atoms. The van der Waals surface area contributed by atoms with Crippen LogP contribution in [0.2, 0.25) is 0 Å². The van der Waals surface area contributed by atoms with Crippen molar-refractivity contribution in [1.82, 2.24) is 0 Å². The number of hydrogen-bond donors (Lipinski definition) is 0. The molecule has 0 aliphatic rings. The van der Waals surface area contributed by atoms with Gasteiger partial charge in [-0.1, -0.05) is 26.0 Å². The third-order valence-corrected chi connectivity index (χ3v) is 2.04. The molecule has 0 aliphatic heterocycles. The van der Waals surface area contributed by atoms with Crippen molar-refractivity contribution in [3.8, 4) is 0 Å². The second-order valence-corrected chi connectivity index (χ2v) is 2.87. The third kappa shape index (κ3) is 3.87. The van der Waals surface area contributed by atoms with Crippen molar-refractivity contribution in [3.63, 3.8) is 0 Å². The molecule has 0 aliphatic carbocycles. The molecule has 0 N–H and O–H groups in total. The summed E-state index contributed by atoms with van der Waals surface area (Å²) in [5, 5.41) is 0.